The van der Waals surface area contributed by atoms with Gasteiger partial charge in [-0.1, -0.05) is 13.3 Å². The second kappa shape index (κ2) is 6.16. The van der Waals surface area contributed by atoms with E-state index in [9.17, 15) is 4.79 Å². The first-order valence-corrected chi connectivity index (χ1v) is 5.52. The van der Waals surface area contributed by atoms with Crippen LogP contribution in [0.3, 0.4) is 0 Å². The van der Waals surface area contributed by atoms with Crippen LogP contribution in [-0.2, 0) is 16.0 Å². The zero-order valence-corrected chi connectivity index (χ0v) is 10.1. The minimum absolute atomic E-state index is 0.347. The molecule has 1 heterocycles. The summed E-state index contributed by atoms with van der Waals surface area (Å²) in [5, 5.41) is 0. The lowest BCUT2D eigenvalue weighted by molar-refractivity contribution is -0.134. The molecule has 0 radical (unpaired) electrons. The Labute approximate surface area is 96.1 Å². The summed E-state index contributed by atoms with van der Waals surface area (Å²) in [5.74, 6) is 1.47. The highest BCUT2D eigenvalue weighted by Crippen LogP contribution is 2.18. The number of esters is 1. The molecule has 1 aromatic heterocycles. The fourth-order valence-electron chi connectivity index (χ4n) is 1.48. The first-order chi connectivity index (χ1) is 7.67. The predicted molar refractivity (Wildman–Crippen MR) is 63.1 cm³/mol. The van der Waals surface area contributed by atoms with Gasteiger partial charge in [-0.25, -0.2) is 4.79 Å². The average molecular weight is 222 g/mol. The van der Waals surface area contributed by atoms with Crippen molar-refractivity contribution in [1.29, 1.82) is 0 Å². The first kappa shape index (κ1) is 12.6. The number of unbranched alkanes of at least 4 members (excludes halogenated alkanes) is 1. The standard InChI is InChI=1S/C13H18O3/c1-4-5-6-12-11(9-10(2)16-12)7-8-13(14)15-3/h7-9H,4-6H2,1-3H3/b8-7-. The molecule has 0 fully saturated rings. The third kappa shape index (κ3) is 3.57. The van der Waals surface area contributed by atoms with E-state index in [1.807, 2.05) is 13.0 Å². The molecule has 0 aliphatic rings. The molecule has 3 heteroatoms. The molecular weight excluding hydrogens is 204 g/mol. The van der Waals surface area contributed by atoms with Crippen LogP contribution in [0, 0.1) is 6.92 Å². The Kier molecular flexibility index (Phi) is 4.83. The van der Waals surface area contributed by atoms with Crippen molar-refractivity contribution in [3.63, 3.8) is 0 Å². The number of carbonyl (C=O) groups excluding carboxylic acids is 1. The fraction of sp³-hybridized carbons (Fsp3) is 0.462. The predicted octanol–water partition coefficient (Wildman–Crippen LogP) is 3.12. The summed E-state index contributed by atoms with van der Waals surface area (Å²) in [6.07, 6.45) is 6.28. The molecule has 0 aromatic carbocycles. The fourth-order valence-corrected chi connectivity index (χ4v) is 1.48. The zero-order chi connectivity index (χ0) is 12.0. The van der Waals surface area contributed by atoms with Crippen molar-refractivity contribution in [2.24, 2.45) is 0 Å². The van der Waals surface area contributed by atoms with Crippen molar-refractivity contribution >= 4 is 12.0 Å². The highest BCUT2D eigenvalue weighted by Gasteiger charge is 2.06. The van der Waals surface area contributed by atoms with Gasteiger partial charge in [0.25, 0.3) is 0 Å². The summed E-state index contributed by atoms with van der Waals surface area (Å²) in [7, 11) is 1.37. The molecule has 1 rings (SSSR count). The SMILES string of the molecule is CCCCc1oc(C)cc1/C=C\C(=O)OC. The van der Waals surface area contributed by atoms with Gasteiger partial charge < -0.3 is 9.15 Å². The second-order valence-corrected chi connectivity index (χ2v) is 3.70. The van der Waals surface area contributed by atoms with Gasteiger partial charge in [0.2, 0.25) is 0 Å². The third-order valence-corrected chi connectivity index (χ3v) is 2.32. The van der Waals surface area contributed by atoms with Crippen molar-refractivity contribution < 1.29 is 13.9 Å². The van der Waals surface area contributed by atoms with Crippen molar-refractivity contribution in [3.05, 3.63) is 29.2 Å². The van der Waals surface area contributed by atoms with Gasteiger partial charge in [-0.15, -0.1) is 0 Å². The minimum atomic E-state index is -0.347. The van der Waals surface area contributed by atoms with Gasteiger partial charge in [0.1, 0.15) is 11.5 Å². The first-order valence-electron chi connectivity index (χ1n) is 5.52. The molecule has 0 unspecified atom stereocenters. The quantitative estimate of drug-likeness (QED) is 0.567. The summed E-state index contributed by atoms with van der Waals surface area (Å²) in [6.45, 7) is 4.05. The van der Waals surface area contributed by atoms with Crippen molar-refractivity contribution in [2.45, 2.75) is 33.1 Å². The van der Waals surface area contributed by atoms with E-state index < -0.39 is 0 Å². The molecule has 1 aromatic rings. The molecule has 16 heavy (non-hydrogen) atoms. The van der Waals surface area contributed by atoms with Crippen LogP contribution < -0.4 is 0 Å². The molecular formula is C13H18O3. The van der Waals surface area contributed by atoms with Crippen LogP contribution >= 0.6 is 0 Å². The molecule has 0 bridgehead atoms. The number of carbonyl (C=O) groups is 1. The van der Waals surface area contributed by atoms with Gasteiger partial charge in [0, 0.05) is 18.1 Å². The lowest BCUT2D eigenvalue weighted by Gasteiger charge is -1.96. The topological polar surface area (TPSA) is 39.4 Å². The van der Waals surface area contributed by atoms with E-state index in [0.29, 0.717) is 0 Å². The zero-order valence-electron chi connectivity index (χ0n) is 10.1. The molecule has 0 spiro atoms. The maximum atomic E-state index is 11.0. The van der Waals surface area contributed by atoms with Gasteiger partial charge in [-0.3, -0.25) is 0 Å². The summed E-state index contributed by atoms with van der Waals surface area (Å²) >= 11 is 0. The molecule has 3 nitrogen and oxygen atoms in total. The van der Waals surface area contributed by atoms with Gasteiger partial charge in [-0.05, 0) is 25.5 Å². The Balaban J connectivity index is 2.77. The van der Waals surface area contributed by atoms with E-state index in [2.05, 4.69) is 11.7 Å². The van der Waals surface area contributed by atoms with E-state index in [1.54, 1.807) is 6.08 Å². The van der Waals surface area contributed by atoms with Crippen LogP contribution in [0.2, 0.25) is 0 Å². The van der Waals surface area contributed by atoms with Crippen LogP contribution in [0.25, 0.3) is 6.08 Å². The maximum absolute atomic E-state index is 11.0. The minimum Gasteiger partial charge on any atom is -0.466 e. The Morgan fingerprint density at radius 3 is 2.94 bits per heavy atom. The lowest BCUT2D eigenvalue weighted by Crippen LogP contribution is -1.93. The number of rotatable bonds is 5. The number of ether oxygens (including phenoxy) is 1. The summed E-state index contributed by atoms with van der Waals surface area (Å²) in [5.41, 5.74) is 0.969. The molecule has 0 amide bonds. The van der Waals surface area contributed by atoms with Gasteiger partial charge in [-0.2, -0.15) is 0 Å². The van der Waals surface area contributed by atoms with Crippen molar-refractivity contribution in [1.82, 2.24) is 0 Å². The Morgan fingerprint density at radius 1 is 1.56 bits per heavy atom. The molecule has 0 N–H and O–H groups in total. The molecule has 0 saturated heterocycles. The highest BCUT2D eigenvalue weighted by atomic mass is 16.5. The van der Waals surface area contributed by atoms with Crippen molar-refractivity contribution in [2.75, 3.05) is 7.11 Å². The van der Waals surface area contributed by atoms with Crippen LogP contribution in [0.15, 0.2) is 16.6 Å². The monoisotopic (exact) mass is 222 g/mol. The maximum Gasteiger partial charge on any atom is 0.330 e. The van der Waals surface area contributed by atoms with Gasteiger partial charge >= 0.3 is 5.97 Å². The number of hydrogen-bond donors (Lipinski definition) is 0. The summed E-state index contributed by atoms with van der Waals surface area (Å²) < 4.78 is 10.1. The molecule has 88 valence electrons. The number of furan rings is 1. The molecule has 0 saturated carbocycles. The normalized spacial score (nSPS) is 10.9. The highest BCUT2D eigenvalue weighted by molar-refractivity contribution is 5.87. The molecule has 0 aliphatic heterocycles. The Hall–Kier alpha value is -1.51. The van der Waals surface area contributed by atoms with Crippen molar-refractivity contribution in [3.8, 4) is 0 Å². The third-order valence-electron chi connectivity index (χ3n) is 2.32. The van der Waals surface area contributed by atoms with Crippen LogP contribution in [0.5, 0.6) is 0 Å². The Bertz CT molecular complexity index is 375. The summed E-state index contributed by atoms with van der Waals surface area (Å²) in [4.78, 5) is 11.0. The number of aryl methyl sites for hydroxylation is 2. The van der Waals surface area contributed by atoms with E-state index in [-0.39, 0.29) is 5.97 Å². The smallest absolute Gasteiger partial charge is 0.330 e. The average Bonchev–Trinajstić information content (AvgIpc) is 2.63. The van der Waals surface area contributed by atoms with Crippen LogP contribution in [0.1, 0.15) is 36.8 Å². The molecule has 0 aliphatic carbocycles. The van der Waals surface area contributed by atoms with E-state index >= 15 is 0 Å². The largest absolute Gasteiger partial charge is 0.466 e. The van der Waals surface area contributed by atoms with Crippen LogP contribution in [0.4, 0.5) is 0 Å². The number of hydrogen-bond acceptors (Lipinski definition) is 3. The van der Waals surface area contributed by atoms with E-state index in [4.69, 9.17) is 4.42 Å². The Morgan fingerprint density at radius 2 is 2.31 bits per heavy atom. The summed E-state index contributed by atoms with van der Waals surface area (Å²) in [6, 6.07) is 1.93. The van der Waals surface area contributed by atoms with E-state index in [0.717, 1.165) is 36.3 Å². The number of methoxy groups -OCH3 is 1. The van der Waals surface area contributed by atoms with Gasteiger partial charge in [0.05, 0.1) is 7.11 Å². The van der Waals surface area contributed by atoms with Crippen LogP contribution in [-0.4, -0.2) is 13.1 Å². The molecule has 0 atom stereocenters. The lowest BCUT2D eigenvalue weighted by atomic mass is 10.1. The van der Waals surface area contributed by atoms with Gasteiger partial charge in [0.15, 0.2) is 0 Å². The second-order valence-electron chi connectivity index (χ2n) is 3.70. The van der Waals surface area contributed by atoms with E-state index in [1.165, 1.54) is 13.2 Å².